The average molecular weight is 601 g/mol. The molecule has 4 heterocycles. The zero-order valence-electron chi connectivity index (χ0n) is 24.0. The molecule has 6 rings (SSSR count). The second-order valence-corrected chi connectivity index (χ2v) is 11.4. The van der Waals surface area contributed by atoms with Gasteiger partial charge in [-0.2, -0.15) is 13.2 Å². The number of ether oxygens (including phenoxy) is 3. The SMILES string of the molecule is Cc1cccc(F)c1N1CCC(n2c(=O)n(Cc3ccccc3C(F)(F)F)c3c(OCC4COC(C)(C)O4)nccc32)C1. The zero-order chi connectivity index (χ0) is 30.5. The molecule has 228 valence electrons. The van der Waals surface area contributed by atoms with E-state index in [1.54, 1.807) is 30.5 Å². The minimum Gasteiger partial charge on any atom is -0.473 e. The Balaban J connectivity index is 1.42. The van der Waals surface area contributed by atoms with Gasteiger partial charge in [-0.15, -0.1) is 0 Å². The third kappa shape index (κ3) is 5.61. The van der Waals surface area contributed by atoms with Gasteiger partial charge in [0.1, 0.15) is 24.0 Å². The lowest BCUT2D eigenvalue weighted by molar-refractivity contribution is -0.141. The number of aryl methyl sites for hydroxylation is 1. The van der Waals surface area contributed by atoms with Gasteiger partial charge in [0, 0.05) is 19.3 Å². The lowest BCUT2D eigenvalue weighted by Gasteiger charge is -2.21. The molecule has 2 aromatic carbocycles. The Labute approximate surface area is 245 Å². The highest BCUT2D eigenvalue weighted by atomic mass is 19.4. The summed E-state index contributed by atoms with van der Waals surface area (Å²) in [5.41, 5.74) is 0.631. The molecule has 0 spiro atoms. The number of pyridine rings is 1. The Morgan fingerprint density at radius 1 is 1.12 bits per heavy atom. The van der Waals surface area contributed by atoms with Crippen LogP contribution in [-0.2, 0) is 22.2 Å². The molecule has 12 heteroatoms. The van der Waals surface area contributed by atoms with Crippen LogP contribution in [0.3, 0.4) is 0 Å². The molecule has 43 heavy (non-hydrogen) atoms. The molecule has 0 aliphatic carbocycles. The van der Waals surface area contributed by atoms with Crippen molar-refractivity contribution in [1.82, 2.24) is 14.1 Å². The van der Waals surface area contributed by atoms with Crippen molar-refractivity contribution in [2.45, 2.75) is 57.8 Å². The number of alkyl halides is 3. The summed E-state index contributed by atoms with van der Waals surface area (Å²) >= 11 is 0. The molecule has 2 aromatic heterocycles. The van der Waals surface area contributed by atoms with E-state index in [1.165, 1.54) is 35.0 Å². The molecule has 2 aliphatic rings. The van der Waals surface area contributed by atoms with Gasteiger partial charge >= 0.3 is 11.9 Å². The summed E-state index contributed by atoms with van der Waals surface area (Å²) in [4.78, 5) is 20.4. The van der Waals surface area contributed by atoms with Crippen molar-refractivity contribution in [2.75, 3.05) is 31.2 Å². The number of benzene rings is 2. The first-order valence-electron chi connectivity index (χ1n) is 14.1. The topological polar surface area (TPSA) is 70.8 Å². The molecule has 2 saturated heterocycles. The van der Waals surface area contributed by atoms with Crippen LogP contribution in [0.15, 0.2) is 59.5 Å². The summed E-state index contributed by atoms with van der Waals surface area (Å²) in [6.45, 7) is 6.27. The van der Waals surface area contributed by atoms with E-state index in [2.05, 4.69) is 4.98 Å². The molecule has 0 radical (unpaired) electrons. The average Bonchev–Trinajstić information content (AvgIpc) is 3.63. The third-order valence-electron chi connectivity index (χ3n) is 7.99. The van der Waals surface area contributed by atoms with Crippen LogP contribution in [0.1, 0.15) is 43.0 Å². The number of aromatic nitrogens is 3. The van der Waals surface area contributed by atoms with Gasteiger partial charge in [-0.25, -0.2) is 14.2 Å². The normalized spacial score (nSPS) is 20.3. The fraction of sp³-hybridized carbons (Fsp3) is 0.419. The number of imidazole rings is 1. The van der Waals surface area contributed by atoms with E-state index in [9.17, 15) is 22.4 Å². The van der Waals surface area contributed by atoms with Crippen molar-refractivity contribution in [1.29, 1.82) is 0 Å². The van der Waals surface area contributed by atoms with Gasteiger partial charge in [0.05, 0.1) is 36.0 Å². The van der Waals surface area contributed by atoms with Gasteiger partial charge in [-0.05, 0) is 56.5 Å². The predicted molar refractivity (Wildman–Crippen MR) is 152 cm³/mol. The van der Waals surface area contributed by atoms with Gasteiger partial charge in [-0.3, -0.25) is 9.13 Å². The van der Waals surface area contributed by atoms with Crippen molar-refractivity contribution in [3.8, 4) is 5.88 Å². The summed E-state index contributed by atoms with van der Waals surface area (Å²) in [5, 5.41) is 0. The van der Waals surface area contributed by atoms with Crippen LogP contribution in [0.5, 0.6) is 5.88 Å². The van der Waals surface area contributed by atoms with Crippen LogP contribution >= 0.6 is 0 Å². The molecular weight excluding hydrogens is 568 g/mol. The smallest absolute Gasteiger partial charge is 0.416 e. The molecule has 4 aromatic rings. The van der Waals surface area contributed by atoms with Crippen LogP contribution < -0.4 is 15.3 Å². The number of anilines is 1. The van der Waals surface area contributed by atoms with Crippen molar-refractivity contribution in [2.24, 2.45) is 0 Å². The second kappa shape index (κ2) is 11.0. The first kappa shape index (κ1) is 29.2. The summed E-state index contributed by atoms with van der Waals surface area (Å²) in [5.74, 6) is -1.02. The highest BCUT2D eigenvalue weighted by Crippen LogP contribution is 2.36. The van der Waals surface area contributed by atoms with Gasteiger partial charge in [0.2, 0.25) is 5.88 Å². The number of halogens is 4. The largest absolute Gasteiger partial charge is 0.473 e. The van der Waals surface area contributed by atoms with Crippen LogP contribution in [0.4, 0.5) is 23.2 Å². The molecule has 0 N–H and O–H groups in total. The van der Waals surface area contributed by atoms with Crippen molar-refractivity contribution >= 4 is 16.7 Å². The standard InChI is InChI=1S/C31H32F4N4O4/c1-19-7-6-10-24(32)26(19)37-14-12-21(16-37)39-25-11-13-36-28(41-17-22-18-42-30(2,3)43-22)27(25)38(29(39)40)15-20-8-4-5-9-23(20)31(33,34)35/h4-11,13,21-22H,12,14-18H2,1-3H3. The molecular formula is C31H32F4N4O4. The monoisotopic (exact) mass is 600 g/mol. The lowest BCUT2D eigenvalue weighted by atomic mass is 10.1. The summed E-state index contributed by atoms with van der Waals surface area (Å²) in [6.07, 6.45) is -2.96. The molecule has 0 bridgehead atoms. The Bertz CT molecular complexity index is 1690. The van der Waals surface area contributed by atoms with Crippen LogP contribution in [0.25, 0.3) is 11.0 Å². The number of hydrogen-bond acceptors (Lipinski definition) is 6. The van der Waals surface area contributed by atoms with E-state index >= 15 is 0 Å². The maximum absolute atomic E-state index is 14.8. The highest BCUT2D eigenvalue weighted by Gasteiger charge is 2.36. The van der Waals surface area contributed by atoms with E-state index in [-0.39, 0.29) is 42.0 Å². The molecule has 0 amide bonds. The minimum atomic E-state index is -4.60. The summed E-state index contributed by atoms with van der Waals surface area (Å²) in [6, 6.07) is 11.4. The van der Waals surface area contributed by atoms with Crippen molar-refractivity contribution < 1.29 is 31.8 Å². The Kier molecular flexibility index (Phi) is 7.45. The molecule has 2 aliphatic heterocycles. The van der Waals surface area contributed by atoms with Gasteiger partial charge in [-0.1, -0.05) is 30.3 Å². The first-order chi connectivity index (χ1) is 20.4. The number of para-hydroxylation sites is 1. The van der Waals surface area contributed by atoms with E-state index < -0.39 is 29.3 Å². The number of fused-ring (bicyclic) bond motifs is 1. The summed E-state index contributed by atoms with van der Waals surface area (Å²) in [7, 11) is 0. The van der Waals surface area contributed by atoms with Gasteiger partial charge in [0.25, 0.3) is 0 Å². The highest BCUT2D eigenvalue weighted by molar-refractivity contribution is 5.81. The second-order valence-electron chi connectivity index (χ2n) is 11.4. The molecule has 2 unspecified atom stereocenters. The van der Waals surface area contributed by atoms with Crippen LogP contribution in [0, 0.1) is 12.7 Å². The molecule has 8 nitrogen and oxygen atoms in total. The Morgan fingerprint density at radius 3 is 2.63 bits per heavy atom. The number of nitrogens with zero attached hydrogens (tertiary/aromatic N) is 4. The summed E-state index contributed by atoms with van der Waals surface area (Å²) < 4.78 is 77.0. The van der Waals surface area contributed by atoms with E-state index in [1.807, 2.05) is 17.9 Å². The molecule has 0 saturated carbocycles. The van der Waals surface area contributed by atoms with Gasteiger partial charge < -0.3 is 19.1 Å². The fourth-order valence-corrected chi connectivity index (χ4v) is 6.11. The minimum absolute atomic E-state index is 0.0599. The fourth-order valence-electron chi connectivity index (χ4n) is 6.11. The zero-order valence-corrected chi connectivity index (χ0v) is 24.0. The van der Waals surface area contributed by atoms with Crippen LogP contribution in [0.2, 0.25) is 0 Å². The van der Waals surface area contributed by atoms with E-state index in [0.717, 1.165) is 11.6 Å². The van der Waals surface area contributed by atoms with Crippen molar-refractivity contribution in [3.05, 3.63) is 87.7 Å². The predicted octanol–water partition coefficient (Wildman–Crippen LogP) is 5.69. The first-order valence-corrected chi connectivity index (χ1v) is 14.1. The molecule has 2 atom stereocenters. The Hall–Kier alpha value is -3.90. The van der Waals surface area contributed by atoms with Crippen LogP contribution in [-0.4, -0.2) is 52.3 Å². The van der Waals surface area contributed by atoms with Crippen molar-refractivity contribution in [3.63, 3.8) is 0 Å². The molecule has 2 fully saturated rings. The van der Waals surface area contributed by atoms with E-state index in [0.29, 0.717) is 37.3 Å². The van der Waals surface area contributed by atoms with E-state index in [4.69, 9.17) is 14.2 Å². The van der Waals surface area contributed by atoms with Gasteiger partial charge in [0.15, 0.2) is 5.79 Å². The maximum Gasteiger partial charge on any atom is 0.416 e. The third-order valence-corrected chi connectivity index (χ3v) is 7.99. The number of rotatable bonds is 7. The lowest BCUT2D eigenvalue weighted by Crippen LogP contribution is -2.30. The maximum atomic E-state index is 14.8. The Morgan fingerprint density at radius 2 is 1.91 bits per heavy atom. The quantitative estimate of drug-likeness (QED) is 0.254. The number of hydrogen-bond donors (Lipinski definition) is 0.